The molecule has 1 heterocycles. The van der Waals surface area contributed by atoms with E-state index in [9.17, 15) is 4.79 Å². The Morgan fingerprint density at radius 3 is 2.78 bits per heavy atom. The first-order chi connectivity index (χ1) is 8.63. The maximum Gasteiger partial charge on any atom is 0.337 e. The molecule has 1 N–H and O–H groups in total. The van der Waals surface area contributed by atoms with Crippen molar-refractivity contribution in [2.24, 2.45) is 0 Å². The SMILES string of the molecule is CCCCN(c1ncc(C(=O)O)cc1C)C1CC1. The van der Waals surface area contributed by atoms with E-state index in [0.29, 0.717) is 6.04 Å². The second-order valence-electron chi connectivity index (χ2n) is 4.95. The molecule has 2 rings (SSSR count). The van der Waals surface area contributed by atoms with Crippen molar-refractivity contribution in [3.05, 3.63) is 23.4 Å². The van der Waals surface area contributed by atoms with Gasteiger partial charge in [0, 0.05) is 18.8 Å². The lowest BCUT2D eigenvalue weighted by molar-refractivity contribution is 0.0696. The first kappa shape index (κ1) is 12.9. The number of carboxylic acid groups (broad SMARTS) is 1. The lowest BCUT2D eigenvalue weighted by Gasteiger charge is -2.25. The van der Waals surface area contributed by atoms with Crippen LogP contribution in [0.2, 0.25) is 0 Å². The quantitative estimate of drug-likeness (QED) is 0.841. The summed E-state index contributed by atoms with van der Waals surface area (Å²) in [7, 11) is 0. The van der Waals surface area contributed by atoms with Gasteiger partial charge in [-0.05, 0) is 37.8 Å². The Morgan fingerprint density at radius 1 is 1.56 bits per heavy atom. The van der Waals surface area contributed by atoms with Crippen LogP contribution in [0.15, 0.2) is 12.3 Å². The number of aryl methyl sites for hydroxylation is 1. The molecule has 0 amide bonds. The molecule has 18 heavy (non-hydrogen) atoms. The Balaban J connectivity index is 2.21. The number of rotatable bonds is 6. The van der Waals surface area contributed by atoms with Crippen molar-refractivity contribution < 1.29 is 9.90 Å². The third-order valence-corrected chi connectivity index (χ3v) is 3.31. The molecule has 1 saturated carbocycles. The summed E-state index contributed by atoms with van der Waals surface area (Å²) in [5.41, 5.74) is 1.22. The van der Waals surface area contributed by atoms with E-state index in [2.05, 4.69) is 16.8 Å². The van der Waals surface area contributed by atoms with Gasteiger partial charge in [-0.1, -0.05) is 13.3 Å². The van der Waals surface area contributed by atoms with Crippen LogP contribution in [0.4, 0.5) is 5.82 Å². The van der Waals surface area contributed by atoms with Gasteiger partial charge in [-0.25, -0.2) is 9.78 Å². The van der Waals surface area contributed by atoms with Crippen molar-refractivity contribution in [3.8, 4) is 0 Å². The van der Waals surface area contributed by atoms with Gasteiger partial charge >= 0.3 is 5.97 Å². The van der Waals surface area contributed by atoms with Crippen LogP contribution in [0, 0.1) is 6.92 Å². The molecule has 98 valence electrons. The summed E-state index contributed by atoms with van der Waals surface area (Å²) in [5.74, 6) is 0.0413. The van der Waals surface area contributed by atoms with Gasteiger partial charge in [0.2, 0.25) is 0 Å². The normalized spacial score (nSPS) is 14.6. The molecule has 1 aromatic rings. The molecular formula is C14H20N2O2. The van der Waals surface area contributed by atoms with Gasteiger partial charge in [0.1, 0.15) is 5.82 Å². The standard InChI is InChI=1S/C14H20N2O2/c1-3-4-7-16(12-5-6-12)13-10(2)8-11(9-15-13)14(17)18/h8-9,12H,3-7H2,1-2H3,(H,17,18). The van der Waals surface area contributed by atoms with Crippen LogP contribution in [0.3, 0.4) is 0 Å². The molecule has 0 unspecified atom stereocenters. The largest absolute Gasteiger partial charge is 0.478 e. The van der Waals surface area contributed by atoms with E-state index in [1.807, 2.05) is 6.92 Å². The summed E-state index contributed by atoms with van der Waals surface area (Å²) >= 11 is 0. The topological polar surface area (TPSA) is 53.4 Å². The molecule has 1 aliphatic rings. The molecule has 1 aliphatic carbocycles. The Kier molecular flexibility index (Phi) is 3.84. The van der Waals surface area contributed by atoms with Gasteiger partial charge in [0.25, 0.3) is 0 Å². The molecule has 0 aliphatic heterocycles. The lowest BCUT2D eigenvalue weighted by atomic mass is 10.2. The van der Waals surface area contributed by atoms with E-state index in [1.54, 1.807) is 6.07 Å². The fourth-order valence-electron chi connectivity index (χ4n) is 2.16. The van der Waals surface area contributed by atoms with Crippen LogP contribution < -0.4 is 4.90 Å². The molecule has 4 heteroatoms. The highest BCUT2D eigenvalue weighted by Gasteiger charge is 2.30. The van der Waals surface area contributed by atoms with Crippen LogP contribution in [-0.2, 0) is 0 Å². The Labute approximate surface area is 108 Å². The van der Waals surface area contributed by atoms with Crippen molar-refractivity contribution in [1.29, 1.82) is 0 Å². The molecule has 0 saturated heterocycles. The van der Waals surface area contributed by atoms with Crippen molar-refractivity contribution in [1.82, 2.24) is 4.98 Å². The zero-order valence-corrected chi connectivity index (χ0v) is 11.0. The summed E-state index contributed by atoms with van der Waals surface area (Å²) in [6.45, 7) is 5.14. The minimum absolute atomic E-state index is 0.266. The van der Waals surface area contributed by atoms with Crippen molar-refractivity contribution in [2.45, 2.75) is 45.6 Å². The number of carbonyl (C=O) groups is 1. The maximum absolute atomic E-state index is 10.9. The van der Waals surface area contributed by atoms with Crippen molar-refractivity contribution in [2.75, 3.05) is 11.4 Å². The van der Waals surface area contributed by atoms with Crippen molar-refractivity contribution >= 4 is 11.8 Å². The van der Waals surface area contributed by atoms with E-state index in [4.69, 9.17) is 5.11 Å². The smallest absolute Gasteiger partial charge is 0.337 e. The highest BCUT2D eigenvalue weighted by molar-refractivity contribution is 5.87. The number of anilines is 1. The first-order valence-corrected chi connectivity index (χ1v) is 6.60. The van der Waals surface area contributed by atoms with Gasteiger partial charge in [-0.15, -0.1) is 0 Å². The molecule has 1 aromatic heterocycles. The second-order valence-corrected chi connectivity index (χ2v) is 4.95. The predicted octanol–water partition coefficient (Wildman–Crippen LogP) is 2.86. The molecule has 0 radical (unpaired) electrons. The number of hydrogen-bond donors (Lipinski definition) is 1. The zero-order chi connectivity index (χ0) is 13.1. The van der Waals surface area contributed by atoms with Crippen LogP contribution in [0.5, 0.6) is 0 Å². The number of pyridine rings is 1. The number of carboxylic acids is 1. The van der Waals surface area contributed by atoms with Gasteiger partial charge in [0.05, 0.1) is 5.56 Å². The highest BCUT2D eigenvalue weighted by atomic mass is 16.4. The van der Waals surface area contributed by atoms with E-state index < -0.39 is 5.97 Å². The average molecular weight is 248 g/mol. The van der Waals surface area contributed by atoms with E-state index >= 15 is 0 Å². The predicted molar refractivity (Wildman–Crippen MR) is 71.2 cm³/mol. The van der Waals surface area contributed by atoms with E-state index in [1.165, 1.54) is 19.0 Å². The minimum Gasteiger partial charge on any atom is -0.478 e. The third kappa shape index (κ3) is 2.81. The van der Waals surface area contributed by atoms with Gasteiger partial charge < -0.3 is 10.0 Å². The number of aromatic carboxylic acids is 1. The number of aromatic nitrogens is 1. The molecular weight excluding hydrogens is 228 g/mol. The summed E-state index contributed by atoms with van der Waals surface area (Å²) in [6, 6.07) is 2.32. The Morgan fingerprint density at radius 2 is 2.28 bits per heavy atom. The van der Waals surface area contributed by atoms with E-state index in [-0.39, 0.29) is 5.56 Å². The number of hydrogen-bond acceptors (Lipinski definition) is 3. The Hall–Kier alpha value is -1.58. The lowest BCUT2D eigenvalue weighted by Crippen LogP contribution is -2.28. The van der Waals surface area contributed by atoms with E-state index in [0.717, 1.165) is 30.8 Å². The van der Waals surface area contributed by atoms with Crippen LogP contribution >= 0.6 is 0 Å². The van der Waals surface area contributed by atoms with Gasteiger partial charge in [0.15, 0.2) is 0 Å². The maximum atomic E-state index is 10.9. The highest BCUT2D eigenvalue weighted by Crippen LogP contribution is 2.32. The molecule has 4 nitrogen and oxygen atoms in total. The summed E-state index contributed by atoms with van der Waals surface area (Å²) in [4.78, 5) is 17.6. The number of nitrogens with zero attached hydrogens (tertiary/aromatic N) is 2. The fourth-order valence-corrected chi connectivity index (χ4v) is 2.16. The second kappa shape index (κ2) is 5.38. The van der Waals surface area contributed by atoms with Gasteiger partial charge in [-0.3, -0.25) is 0 Å². The van der Waals surface area contributed by atoms with Gasteiger partial charge in [-0.2, -0.15) is 0 Å². The summed E-state index contributed by atoms with van der Waals surface area (Å²) in [5, 5.41) is 8.95. The fraction of sp³-hybridized carbons (Fsp3) is 0.571. The minimum atomic E-state index is -0.913. The molecule has 0 aromatic carbocycles. The van der Waals surface area contributed by atoms with Crippen LogP contribution in [0.25, 0.3) is 0 Å². The zero-order valence-electron chi connectivity index (χ0n) is 11.0. The number of unbranched alkanes of at least 4 members (excludes halogenated alkanes) is 1. The average Bonchev–Trinajstić information content (AvgIpc) is 3.15. The monoisotopic (exact) mass is 248 g/mol. The van der Waals surface area contributed by atoms with Crippen LogP contribution in [-0.4, -0.2) is 28.6 Å². The molecule has 1 fully saturated rings. The first-order valence-electron chi connectivity index (χ1n) is 6.60. The Bertz CT molecular complexity index is 441. The molecule has 0 atom stereocenters. The molecule has 0 spiro atoms. The molecule has 0 bridgehead atoms. The third-order valence-electron chi connectivity index (χ3n) is 3.31. The van der Waals surface area contributed by atoms with Crippen molar-refractivity contribution in [3.63, 3.8) is 0 Å². The van der Waals surface area contributed by atoms with Crippen LogP contribution in [0.1, 0.15) is 48.5 Å². The summed E-state index contributed by atoms with van der Waals surface area (Å²) in [6.07, 6.45) is 6.23. The summed E-state index contributed by atoms with van der Waals surface area (Å²) < 4.78 is 0.